The minimum atomic E-state index is 0.487. The van der Waals surface area contributed by atoms with Crippen LogP contribution >= 0.6 is 0 Å². The molecule has 1 aliphatic heterocycles. The van der Waals surface area contributed by atoms with Gasteiger partial charge in [0.25, 0.3) is 0 Å². The molecule has 2 heteroatoms. The second-order valence-corrected chi connectivity index (χ2v) is 5.12. The van der Waals surface area contributed by atoms with Crippen LogP contribution in [0.5, 0.6) is 0 Å². The summed E-state index contributed by atoms with van der Waals surface area (Å²) >= 11 is 0. The van der Waals surface area contributed by atoms with Gasteiger partial charge in [0.2, 0.25) is 0 Å². The predicted octanol–water partition coefficient (Wildman–Crippen LogP) is 2.98. The average Bonchev–Trinajstić information content (AvgIpc) is 2.87. The van der Waals surface area contributed by atoms with E-state index in [-0.39, 0.29) is 0 Å². The smallest absolute Gasteiger partial charge is 0.138 e. The van der Waals surface area contributed by atoms with Crippen LogP contribution in [0.2, 0.25) is 0 Å². The molecule has 0 radical (unpaired) electrons. The highest BCUT2D eigenvalue weighted by Crippen LogP contribution is 2.52. The van der Waals surface area contributed by atoms with E-state index in [1.54, 1.807) is 0 Å². The lowest BCUT2D eigenvalue weighted by molar-refractivity contribution is 0.0275. The van der Waals surface area contributed by atoms with Crippen molar-refractivity contribution in [3.63, 3.8) is 0 Å². The van der Waals surface area contributed by atoms with Crippen LogP contribution < -0.4 is 0 Å². The zero-order valence-corrected chi connectivity index (χ0v) is 8.91. The van der Waals surface area contributed by atoms with Crippen LogP contribution in [-0.2, 0) is 4.84 Å². The molecule has 0 aromatic carbocycles. The maximum Gasteiger partial charge on any atom is 0.138 e. The summed E-state index contributed by atoms with van der Waals surface area (Å²) in [5.41, 5.74) is 1.39. The number of oxime groups is 1. The maximum absolute atomic E-state index is 5.61. The molecule has 0 aromatic heterocycles. The molecule has 0 saturated heterocycles. The van der Waals surface area contributed by atoms with Crippen molar-refractivity contribution in [3.8, 4) is 0 Å². The minimum absolute atomic E-state index is 0.487. The van der Waals surface area contributed by atoms with Gasteiger partial charge in [0.1, 0.15) is 6.10 Å². The van der Waals surface area contributed by atoms with Crippen LogP contribution in [0.3, 0.4) is 0 Å². The van der Waals surface area contributed by atoms with Crippen molar-refractivity contribution in [2.75, 3.05) is 0 Å². The van der Waals surface area contributed by atoms with Gasteiger partial charge in [-0.2, -0.15) is 0 Å². The number of hydrogen-bond donors (Lipinski definition) is 0. The quantitative estimate of drug-likeness (QED) is 0.675. The summed E-state index contributed by atoms with van der Waals surface area (Å²) in [5, 5.41) is 4.32. The molecular formula is C12H19NO. The lowest BCUT2D eigenvalue weighted by Crippen LogP contribution is -2.29. The van der Waals surface area contributed by atoms with Gasteiger partial charge in [-0.3, -0.25) is 0 Å². The lowest BCUT2D eigenvalue weighted by atomic mass is 9.82. The van der Waals surface area contributed by atoms with Gasteiger partial charge in [-0.15, -0.1) is 0 Å². The van der Waals surface area contributed by atoms with Gasteiger partial charge in [-0.1, -0.05) is 18.5 Å². The van der Waals surface area contributed by atoms with E-state index in [0.717, 1.165) is 17.8 Å². The summed E-state index contributed by atoms with van der Waals surface area (Å²) in [7, 11) is 0. The fourth-order valence-electron chi connectivity index (χ4n) is 3.61. The summed E-state index contributed by atoms with van der Waals surface area (Å²) in [6.45, 7) is 2.24. The van der Waals surface area contributed by atoms with Crippen molar-refractivity contribution in [2.24, 2.45) is 22.9 Å². The Morgan fingerprint density at radius 1 is 1.36 bits per heavy atom. The largest absolute Gasteiger partial charge is 0.392 e. The third kappa shape index (κ3) is 1.12. The molecular weight excluding hydrogens is 174 g/mol. The molecule has 4 unspecified atom stereocenters. The van der Waals surface area contributed by atoms with Crippen molar-refractivity contribution in [1.29, 1.82) is 0 Å². The Morgan fingerprint density at radius 3 is 3.07 bits per heavy atom. The molecule has 2 nitrogen and oxygen atoms in total. The molecule has 78 valence electrons. The Morgan fingerprint density at radius 2 is 2.21 bits per heavy atom. The normalized spacial score (nSPS) is 43.6. The molecule has 0 spiro atoms. The van der Waals surface area contributed by atoms with Crippen LogP contribution in [0.25, 0.3) is 0 Å². The van der Waals surface area contributed by atoms with E-state index < -0.39 is 0 Å². The second kappa shape index (κ2) is 3.25. The van der Waals surface area contributed by atoms with Crippen LogP contribution in [-0.4, -0.2) is 11.8 Å². The summed E-state index contributed by atoms with van der Waals surface area (Å²) < 4.78 is 0. The van der Waals surface area contributed by atoms with Crippen LogP contribution in [0.4, 0.5) is 0 Å². The molecule has 4 atom stereocenters. The van der Waals surface area contributed by atoms with Crippen molar-refractivity contribution >= 4 is 5.71 Å². The summed E-state index contributed by atoms with van der Waals surface area (Å²) in [4.78, 5) is 5.61. The number of hydrogen-bond acceptors (Lipinski definition) is 2. The first-order valence-corrected chi connectivity index (χ1v) is 6.12. The second-order valence-electron chi connectivity index (χ2n) is 5.12. The third-order valence-corrected chi connectivity index (χ3v) is 4.30. The summed E-state index contributed by atoms with van der Waals surface area (Å²) in [6, 6.07) is 0. The Bertz CT molecular complexity index is 261. The van der Waals surface area contributed by atoms with E-state index in [1.165, 1.54) is 44.2 Å². The Kier molecular flexibility index (Phi) is 2.03. The molecule has 14 heavy (non-hydrogen) atoms. The number of nitrogens with zero attached hydrogens (tertiary/aromatic N) is 1. The van der Waals surface area contributed by atoms with Crippen molar-refractivity contribution in [1.82, 2.24) is 0 Å². The summed E-state index contributed by atoms with van der Waals surface area (Å²) in [5.74, 6) is 2.48. The van der Waals surface area contributed by atoms with E-state index in [2.05, 4.69) is 12.1 Å². The molecule has 2 fully saturated rings. The van der Waals surface area contributed by atoms with Crippen molar-refractivity contribution in [3.05, 3.63) is 0 Å². The topological polar surface area (TPSA) is 21.6 Å². The molecule has 2 saturated carbocycles. The van der Waals surface area contributed by atoms with Gasteiger partial charge < -0.3 is 4.84 Å². The molecule has 0 aromatic rings. The monoisotopic (exact) mass is 193 g/mol. The first-order valence-electron chi connectivity index (χ1n) is 6.12. The van der Waals surface area contributed by atoms with Gasteiger partial charge in [0, 0.05) is 5.92 Å². The number of unbranched alkanes of at least 4 members (excludes halogenated alkanes) is 1. The molecule has 2 bridgehead atoms. The van der Waals surface area contributed by atoms with E-state index >= 15 is 0 Å². The molecule has 1 heterocycles. The molecule has 3 aliphatic rings. The van der Waals surface area contributed by atoms with Crippen molar-refractivity contribution < 1.29 is 4.84 Å². The summed E-state index contributed by atoms with van der Waals surface area (Å²) in [6.07, 6.45) is 8.46. The highest BCUT2D eigenvalue weighted by atomic mass is 16.6. The molecule has 2 aliphatic carbocycles. The maximum atomic E-state index is 5.61. The van der Waals surface area contributed by atoms with E-state index in [1.807, 2.05) is 0 Å². The van der Waals surface area contributed by atoms with E-state index in [0.29, 0.717) is 6.10 Å². The number of fused-ring (bicyclic) bond motifs is 5. The highest BCUT2D eigenvalue weighted by Gasteiger charge is 2.53. The Balaban J connectivity index is 1.71. The number of rotatable bonds is 3. The van der Waals surface area contributed by atoms with Gasteiger partial charge in [0.15, 0.2) is 0 Å². The SMILES string of the molecule is CCCCC1=NOC2C3CCC(C3)C12. The predicted molar refractivity (Wildman–Crippen MR) is 56.2 cm³/mol. The van der Waals surface area contributed by atoms with E-state index in [4.69, 9.17) is 4.84 Å². The van der Waals surface area contributed by atoms with Gasteiger partial charge in [-0.05, 0) is 43.9 Å². The fourth-order valence-corrected chi connectivity index (χ4v) is 3.61. The first-order chi connectivity index (χ1) is 6.90. The van der Waals surface area contributed by atoms with Crippen LogP contribution in [0.15, 0.2) is 5.16 Å². The molecule has 0 N–H and O–H groups in total. The first kappa shape index (κ1) is 8.75. The Labute approximate surface area is 85.7 Å². The fraction of sp³-hybridized carbons (Fsp3) is 0.917. The molecule has 0 amide bonds. The van der Waals surface area contributed by atoms with Gasteiger partial charge in [-0.25, -0.2) is 0 Å². The van der Waals surface area contributed by atoms with Crippen LogP contribution in [0, 0.1) is 17.8 Å². The minimum Gasteiger partial charge on any atom is -0.392 e. The zero-order chi connectivity index (χ0) is 9.54. The van der Waals surface area contributed by atoms with E-state index in [9.17, 15) is 0 Å². The standard InChI is InChI=1S/C12H19NO/c1-2-3-4-10-11-8-5-6-9(7-8)12(11)14-13-10/h8-9,11-12H,2-7H2,1H3. The highest BCUT2D eigenvalue weighted by molar-refractivity contribution is 5.88. The third-order valence-electron chi connectivity index (χ3n) is 4.30. The zero-order valence-electron chi connectivity index (χ0n) is 8.91. The molecule has 3 rings (SSSR count). The lowest BCUT2D eigenvalue weighted by Gasteiger charge is -2.22. The van der Waals surface area contributed by atoms with Crippen LogP contribution in [0.1, 0.15) is 45.4 Å². The van der Waals surface area contributed by atoms with Gasteiger partial charge >= 0.3 is 0 Å². The van der Waals surface area contributed by atoms with Crippen molar-refractivity contribution in [2.45, 2.75) is 51.6 Å². The Hall–Kier alpha value is -0.530. The average molecular weight is 193 g/mol. The van der Waals surface area contributed by atoms with Gasteiger partial charge in [0.05, 0.1) is 5.71 Å².